The number of para-hydroxylation sites is 2. The van der Waals surface area contributed by atoms with Crippen LogP contribution in [0.25, 0.3) is 49.8 Å². The van der Waals surface area contributed by atoms with E-state index in [1.165, 1.54) is 72.0 Å². The molecule has 278 valence electrons. The van der Waals surface area contributed by atoms with E-state index in [9.17, 15) is 0 Å². The Kier molecular flexibility index (Phi) is 6.74. The average Bonchev–Trinajstić information content (AvgIpc) is 3.89. The van der Waals surface area contributed by atoms with Crippen LogP contribution in [0.1, 0.15) is 35.1 Å². The molecule has 8 aromatic carbocycles. The molecule has 59 heavy (non-hydrogen) atoms. The predicted octanol–water partition coefficient (Wildman–Crippen LogP) is 14.7. The molecule has 0 atom stereocenters. The zero-order valence-corrected chi connectivity index (χ0v) is 32.1. The van der Waals surface area contributed by atoms with Gasteiger partial charge in [-0.25, -0.2) is 0 Å². The van der Waals surface area contributed by atoms with E-state index >= 15 is 0 Å². The predicted molar refractivity (Wildman–Crippen MR) is 240 cm³/mol. The fraction of sp³-hybridized carbons (Fsp3) is 0.0545. The van der Waals surface area contributed by atoms with Gasteiger partial charge in [0.05, 0.1) is 22.1 Å². The Hall–Kier alpha value is -7.56. The van der Waals surface area contributed by atoms with Gasteiger partial charge in [0.2, 0.25) is 0 Å². The molecule has 1 aromatic heterocycles. The monoisotopic (exact) mass is 756 g/mol. The van der Waals surface area contributed by atoms with Crippen molar-refractivity contribution in [2.75, 3.05) is 4.90 Å². The first-order chi connectivity index (χ1) is 29.3. The van der Waals surface area contributed by atoms with Crippen LogP contribution in [-0.4, -0.2) is 4.57 Å². The lowest BCUT2D eigenvalue weighted by Gasteiger charge is -2.31. The average molecular weight is 757 g/mol. The SMILES string of the molecule is C1=CC(n2c3ccccc3c3ccc(N(c4ccccc4)c4ccc5c(c4)Oc4cc6c(cc4O5)-c4ccccc4C64c5ccccc5-c5ccccc54)cc32)=CCC1. The van der Waals surface area contributed by atoms with Gasteiger partial charge in [-0.15, -0.1) is 0 Å². The molecule has 2 heterocycles. The van der Waals surface area contributed by atoms with Gasteiger partial charge < -0.3 is 18.9 Å². The Bertz CT molecular complexity index is 3250. The van der Waals surface area contributed by atoms with Crippen LogP contribution < -0.4 is 14.4 Å². The zero-order valence-electron chi connectivity index (χ0n) is 32.1. The maximum absolute atomic E-state index is 6.98. The molecule has 1 spiro atoms. The number of rotatable bonds is 4. The van der Waals surface area contributed by atoms with Gasteiger partial charge in [-0.1, -0.05) is 127 Å². The molecule has 4 aliphatic rings. The summed E-state index contributed by atoms with van der Waals surface area (Å²) < 4.78 is 16.2. The second-order valence-corrected chi connectivity index (χ2v) is 15.9. The third-order valence-corrected chi connectivity index (χ3v) is 12.9. The second-order valence-electron chi connectivity index (χ2n) is 15.9. The highest BCUT2D eigenvalue weighted by molar-refractivity contribution is 6.11. The van der Waals surface area contributed by atoms with Gasteiger partial charge in [0.15, 0.2) is 23.0 Å². The molecule has 0 saturated carbocycles. The number of allylic oxidation sites excluding steroid dienone is 4. The van der Waals surface area contributed by atoms with Gasteiger partial charge in [-0.2, -0.15) is 0 Å². The molecule has 0 saturated heterocycles. The zero-order chi connectivity index (χ0) is 38.7. The summed E-state index contributed by atoms with van der Waals surface area (Å²) in [4.78, 5) is 2.31. The van der Waals surface area contributed by atoms with Crippen molar-refractivity contribution >= 4 is 44.6 Å². The number of hydrogen-bond donors (Lipinski definition) is 0. The van der Waals surface area contributed by atoms with Crippen LogP contribution in [0.2, 0.25) is 0 Å². The van der Waals surface area contributed by atoms with Crippen LogP contribution in [0, 0.1) is 0 Å². The molecule has 9 aromatic rings. The Labute approximate surface area is 342 Å². The van der Waals surface area contributed by atoms with Crippen molar-refractivity contribution in [1.29, 1.82) is 0 Å². The van der Waals surface area contributed by atoms with Gasteiger partial charge >= 0.3 is 0 Å². The number of anilines is 3. The van der Waals surface area contributed by atoms with Gasteiger partial charge in [-0.05, 0) is 118 Å². The molecule has 0 radical (unpaired) electrons. The Morgan fingerprint density at radius 2 is 1.02 bits per heavy atom. The molecule has 0 unspecified atom stereocenters. The highest BCUT2D eigenvalue weighted by Crippen LogP contribution is 2.64. The molecule has 4 nitrogen and oxygen atoms in total. The Morgan fingerprint density at radius 1 is 0.424 bits per heavy atom. The van der Waals surface area contributed by atoms with Crippen molar-refractivity contribution in [1.82, 2.24) is 4.57 Å². The smallest absolute Gasteiger partial charge is 0.172 e. The van der Waals surface area contributed by atoms with Crippen LogP contribution in [0.3, 0.4) is 0 Å². The summed E-state index contributed by atoms with van der Waals surface area (Å²) in [6.45, 7) is 0. The number of benzene rings is 8. The van der Waals surface area contributed by atoms with E-state index in [0.29, 0.717) is 17.2 Å². The van der Waals surface area contributed by atoms with E-state index in [1.807, 2.05) is 6.07 Å². The first-order valence-electron chi connectivity index (χ1n) is 20.5. The molecule has 13 rings (SSSR count). The first kappa shape index (κ1) is 32.5. The van der Waals surface area contributed by atoms with Crippen LogP contribution in [-0.2, 0) is 5.41 Å². The number of hydrogen-bond acceptors (Lipinski definition) is 3. The minimum absolute atomic E-state index is 0.464. The molecular formula is C55H36N2O2. The van der Waals surface area contributed by atoms with Crippen molar-refractivity contribution in [3.8, 4) is 45.3 Å². The molecule has 0 amide bonds. The van der Waals surface area contributed by atoms with E-state index in [-0.39, 0.29) is 0 Å². The highest BCUT2D eigenvalue weighted by Gasteiger charge is 2.52. The summed E-state index contributed by atoms with van der Waals surface area (Å²) in [5.74, 6) is 2.81. The van der Waals surface area contributed by atoms with E-state index in [0.717, 1.165) is 35.7 Å². The maximum atomic E-state index is 6.98. The van der Waals surface area contributed by atoms with Crippen molar-refractivity contribution in [3.63, 3.8) is 0 Å². The van der Waals surface area contributed by atoms with Crippen LogP contribution in [0.15, 0.2) is 194 Å². The van der Waals surface area contributed by atoms with E-state index < -0.39 is 5.41 Å². The summed E-state index contributed by atoms with van der Waals surface area (Å²) in [6.07, 6.45) is 9.00. The molecule has 0 N–H and O–H groups in total. The topological polar surface area (TPSA) is 26.6 Å². The van der Waals surface area contributed by atoms with Gasteiger partial charge in [0.25, 0.3) is 0 Å². The summed E-state index contributed by atoms with van der Waals surface area (Å²) in [7, 11) is 0. The summed E-state index contributed by atoms with van der Waals surface area (Å²) >= 11 is 0. The summed E-state index contributed by atoms with van der Waals surface area (Å²) in [5.41, 5.74) is 16.3. The lowest BCUT2D eigenvalue weighted by Crippen LogP contribution is -2.25. The molecule has 0 fully saturated rings. The lowest BCUT2D eigenvalue weighted by molar-refractivity contribution is 0.359. The Morgan fingerprint density at radius 3 is 1.76 bits per heavy atom. The summed E-state index contributed by atoms with van der Waals surface area (Å²) in [6, 6.07) is 63.5. The molecule has 1 aliphatic heterocycles. The van der Waals surface area contributed by atoms with Crippen molar-refractivity contribution in [3.05, 3.63) is 216 Å². The van der Waals surface area contributed by atoms with Gasteiger partial charge in [0, 0.05) is 33.9 Å². The normalized spacial score (nSPS) is 14.7. The molecule has 4 heteroatoms. The lowest BCUT2D eigenvalue weighted by atomic mass is 9.70. The summed E-state index contributed by atoms with van der Waals surface area (Å²) in [5, 5.41) is 2.48. The maximum Gasteiger partial charge on any atom is 0.172 e. The molecular weight excluding hydrogens is 721 g/mol. The Balaban J connectivity index is 0.959. The van der Waals surface area contributed by atoms with E-state index in [4.69, 9.17) is 9.47 Å². The highest BCUT2D eigenvalue weighted by atomic mass is 16.6. The van der Waals surface area contributed by atoms with E-state index in [2.05, 4.69) is 198 Å². The van der Waals surface area contributed by atoms with Gasteiger partial charge in [0.1, 0.15) is 0 Å². The van der Waals surface area contributed by atoms with Crippen molar-refractivity contribution in [2.24, 2.45) is 0 Å². The fourth-order valence-corrected chi connectivity index (χ4v) is 10.5. The largest absolute Gasteiger partial charge is 0.449 e. The second kappa shape index (κ2) is 12.2. The number of ether oxygens (including phenoxy) is 2. The van der Waals surface area contributed by atoms with Crippen molar-refractivity contribution in [2.45, 2.75) is 18.3 Å². The van der Waals surface area contributed by atoms with Crippen LogP contribution in [0.5, 0.6) is 23.0 Å². The quantitative estimate of drug-likeness (QED) is 0.179. The number of aromatic nitrogens is 1. The minimum atomic E-state index is -0.464. The number of nitrogens with zero attached hydrogens (tertiary/aromatic N) is 2. The third kappa shape index (κ3) is 4.49. The van der Waals surface area contributed by atoms with Crippen molar-refractivity contribution < 1.29 is 9.47 Å². The molecule has 0 bridgehead atoms. The van der Waals surface area contributed by atoms with Crippen LogP contribution in [0.4, 0.5) is 17.1 Å². The van der Waals surface area contributed by atoms with E-state index in [1.54, 1.807) is 0 Å². The first-order valence-corrected chi connectivity index (χ1v) is 20.5. The molecule has 3 aliphatic carbocycles. The number of fused-ring (bicyclic) bond motifs is 15. The van der Waals surface area contributed by atoms with Crippen LogP contribution >= 0.6 is 0 Å². The standard InChI is InChI=1S/C55H36N2O2/c1-3-15-35(16-4-1)56(37-27-29-43-42-22-10-14-26-49(42)57(50(43)31-37)36-17-5-2-6-18-36)38-28-30-51-52(32-38)59-54-34-48-44(33-53(54)58-51)41-21-9-13-25-47(41)55(48)45-23-11-7-19-39(45)40-20-8-12-24-46(40)55/h1,3-5,7-34H,2,6H2. The fourth-order valence-electron chi connectivity index (χ4n) is 10.5. The third-order valence-electron chi connectivity index (χ3n) is 12.9. The van der Waals surface area contributed by atoms with Gasteiger partial charge in [-0.3, -0.25) is 0 Å². The minimum Gasteiger partial charge on any atom is -0.449 e.